The second-order valence-corrected chi connectivity index (χ2v) is 4.33. The number of alkyl halides is 2. The van der Waals surface area contributed by atoms with E-state index in [1.165, 1.54) is 0 Å². The molecule has 1 aromatic heterocycles. The standard InChI is InChI=1S/C7H9F2N3O3S/c1-15-6-4(10)3(16(11,13)14)2-12-5(6)7(8)9/h2,7H,1H3,(H2,10,12)(H2,11,13,14). The van der Waals surface area contributed by atoms with E-state index in [0.29, 0.717) is 6.20 Å². The lowest BCUT2D eigenvalue weighted by molar-refractivity contribution is 0.141. The summed E-state index contributed by atoms with van der Waals surface area (Å²) in [6.45, 7) is 0. The molecule has 0 spiro atoms. The molecule has 0 unspecified atom stereocenters. The fourth-order valence-electron chi connectivity index (χ4n) is 1.10. The summed E-state index contributed by atoms with van der Waals surface area (Å²) in [4.78, 5) is 2.71. The van der Waals surface area contributed by atoms with Gasteiger partial charge in [0.05, 0.1) is 12.8 Å². The molecule has 1 heterocycles. The van der Waals surface area contributed by atoms with Crippen molar-refractivity contribution in [2.24, 2.45) is 5.14 Å². The molecule has 0 aliphatic carbocycles. The molecular formula is C7H9F2N3O3S. The Morgan fingerprint density at radius 1 is 1.50 bits per heavy atom. The number of ether oxygens (including phenoxy) is 1. The van der Waals surface area contributed by atoms with Gasteiger partial charge >= 0.3 is 0 Å². The molecule has 0 amide bonds. The first-order chi connectivity index (χ1) is 7.29. The Bertz CT molecular complexity index is 504. The molecule has 9 heteroatoms. The van der Waals surface area contributed by atoms with Gasteiger partial charge in [0.1, 0.15) is 4.90 Å². The highest BCUT2D eigenvalue weighted by Gasteiger charge is 2.24. The first-order valence-electron chi connectivity index (χ1n) is 3.92. The Balaban J connectivity index is 3.53. The number of nitrogen functional groups attached to an aromatic ring is 1. The van der Waals surface area contributed by atoms with Crippen LogP contribution in [0, 0.1) is 0 Å². The van der Waals surface area contributed by atoms with Gasteiger partial charge < -0.3 is 10.5 Å². The maximum atomic E-state index is 12.4. The number of sulfonamides is 1. The molecule has 90 valence electrons. The van der Waals surface area contributed by atoms with Gasteiger partial charge in [0, 0.05) is 6.20 Å². The minimum absolute atomic E-state index is 0.477. The molecule has 0 fully saturated rings. The highest BCUT2D eigenvalue weighted by atomic mass is 32.2. The molecular weight excluding hydrogens is 244 g/mol. The molecule has 1 aromatic rings. The third-order valence-electron chi connectivity index (χ3n) is 1.78. The Labute approximate surface area is 90.3 Å². The number of nitrogens with two attached hydrogens (primary N) is 2. The Morgan fingerprint density at radius 3 is 2.44 bits per heavy atom. The summed E-state index contributed by atoms with van der Waals surface area (Å²) < 4.78 is 51.5. The Morgan fingerprint density at radius 2 is 2.06 bits per heavy atom. The first kappa shape index (κ1) is 12.6. The van der Waals surface area contributed by atoms with Crippen LogP contribution in [0.15, 0.2) is 11.1 Å². The summed E-state index contributed by atoms with van der Waals surface area (Å²) in [5.41, 5.74) is 4.16. The lowest BCUT2D eigenvalue weighted by Crippen LogP contribution is -2.16. The van der Waals surface area contributed by atoms with Gasteiger partial charge in [-0.25, -0.2) is 27.3 Å². The van der Waals surface area contributed by atoms with E-state index in [4.69, 9.17) is 10.9 Å². The maximum absolute atomic E-state index is 12.4. The summed E-state index contributed by atoms with van der Waals surface area (Å²) in [6, 6.07) is 0. The average Bonchev–Trinajstić information content (AvgIpc) is 2.14. The number of nitrogens with zero attached hydrogens (tertiary/aromatic N) is 1. The van der Waals surface area contributed by atoms with Gasteiger partial charge in [0.25, 0.3) is 6.43 Å². The molecule has 0 saturated carbocycles. The van der Waals surface area contributed by atoms with Crippen molar-refractivity contribution in [1.29, 1.82) is 0 Å². The van der Waals surface area contributed by atoms with Crippen LogP contribution < -0.4 is 15.6 Å². The number of rotatable bonds is 3. The summed E-state index contributed by atoms with van der Waals surface area (Å²) in [6.07, 6.45) is -2.25. The highest BCUT2D eigenvalue weighted by Crippen LogP contribution is 2.35. The molecule has 0 aromatic carbocycles. The number of halogens is 2. The quantitative estimate of drug-likeness (QED) is 0.803. The number of primary sulfonamides is 1. The first-order valence-corrected chi connectivity index (χ1v) is 5.47. The van der Waals surface area contributed by atoms with E-state index in [2.05, 4.69) is 9.72 Å². The predicted octanol–water partition coefficient (Wildman–Crippen LogP) is 0.257. The van der Waals surface area contributed by atoms with Crippen molar-refractivity contribution in [3.05, 3.63) is 11.9 Å². The van der Waals surface area contributed by atoms with Crippen LogP contribution in [0.2, 0.25) is 0 Å². The van der Waals surface area contributed by atoms with Crippen LogP contribution in [0.25, 0.3) is 0 Å². The fourth-order valence-corrected chi connectivity index (χ4v) is 1.70. The van der Waals surface area contributed by atoms with Crippen LogP contribution in [0.4, 0.5) is 14.5 Å². The minimum atomic E-state index is -4.12. The normalized spacial score (nSPS) is 11.8. The van der Waals surface area contributed by atoms with Crippen molar-refractivity contribution in [2.45, 2.75) is 11.3 Å². The summed E-state index contributed by atoms with van der Waals surface area (Å²) in [5.74, 6) is -0.485. The maximum Gasteiger partial charge on any atom is 0.284 e. The van der Waals surface area contributed by atoms with Crippen LogP contribution in [-0.2, 0) is 10.0 Å². The number of aromatic nitrogens is 1. The molecule has 0 aliphatic rings. The van der Waals surface area contributed by atoms with E-state index in [0.717, 1.165) is 7.11 Å². The zero-order valence-corrected chi connectivity index (χ0v) is 8.96. The number of hydrogen-bond acceptors (Lipinski definition) is 5. The van der Waals surface area contributed by atoms with Gasteiger partial charge in [0.2, 0.25) is 10.0 Å². The number of anilines is 1. The zero-order chi connectivity index (χ0) is 12.5. The summed E-state index contributed by atoms with van der Waals surface area (Å²) in [7, 11) is -3.05. The average molecular weight is 253 g/mol. The van der Waals surface area contributed by atoms with Crippen molar-refractivity contribution in [2.75, 3.05) is 12.8 Å². The minimum Gasteiger partial charge on any atom is -0.492 e. The summed E-state index contributed by atoms with van der Waals surface area (Å²) in [5, 5.41) is 4.82. The fraction of sp³-hybridized carbons (Fsp3) is 0.286. The van der Waals surface area contributed by atoms with Crippen LogP contribution in [0.1, 0.15) is 12.1 Å². The van der Waals surface area contributed by atoms with Crippen LogP contribution >= 0.6 is 0 Å². The van der Waals surface area contributed by atoms with E-state index in [9.17, 15) is 17.2 Å². The topological polar surface area (TPSA) is 108 Å². The smallest absolute Gasteiger partial charge is 0.284 e. The SMILES string of the molecule is COc1c(C(F)F)ncc(S(N)(=O)=O)c1N. The lowest BCUT2D eigenvalue weighted by Gasteiger charge is -2.11. The van der Waals surface area contributed by atoms with Crippen molar-refractivity contribution in [3.8, 4) is 5.75 Å². The van der Waals surface area contributed by atoms with Crippen molar-refractivity contribution in [3.63, 3.8) is 0 Å². The van der Waals surface area contributed by atoms with Gasteiger partial charge in [-0.15, -0.1) is 0 Å². The second kappa shape index (κ2) is 4.18. The molecule has 0 bridgehead atoms. The van der Waals surface area contributed by atoms with E-state index in [1.54, 1.807) is 0 Å². The van der Waals surface area contributed by atoms with Gasteiger partial charge in [0.15, 0.2) is 11.4 Å². The van der Waals surface area contributed by atoms with E-state index >= 15 is 0 Å². The van der Waals surface area contributed by atoms with Gasteiger partial charge in [-0.2, -0.15) is 0 Å². The predicted molar refractivity (Wildman–Crippen MR) is 51.5 cm³/mol. The van der Waals surface area contributed by atoms with Crippen molar-refractivity contribution >= 4 is 15.7 Å². The Kier molecular flexibility index (Phi) is 3.29. The molecule has 0 radical (unpaired) electrons. The number of hydrogen-bond donors (Lipinski definition) is 2. The third kappa shape index (κ3) is 2.19. The molecule has 6 nitrogen and oxygen atoms in total. The molecule has 16 heavy (non-hydrogen) atoms. The largest absolute Gasteiger partial charge is 0.492 e. The van der Waals surface area contributed by atoms with Gasteiger partial charge in [-0.1, -0.05) is 0 Å². The van der Waals surface area contributed by atoms with Crippen LogP contribution in [0.5, 0.6) is 5.75 Å². The Hall–Kier alpha value is -1.48. The monoisotopic (exact) mass is 253 g/mol. The molecule has 4 N–H and O–H groups in total. The van der Waals surface area contributed by atoms with Crippen molar-refractivity contribution in [1.82, 2.24) is 4.98 Å². The number of pyridine rings is 1. The highest BCUT2D eigenvalue weighted by molar-refractivity contribution is 7.89. The molecule has 0 saturated heterocycles. The third-order valence-corrected chi connectivity index (χ3v) is 2.72. The van der Waals surface area contributed by atoms with Crippen molar-refractivity contribution < 1.29 is 21.9 Å². The van der Waals surface area contributed by atoms with Crippen LogP contribution in [-0.4, -0.2) is 20.5 Å². The molecule has 0 aliphatic heterocycles. The molecule has 0 atom stereocenters. The lowest BCUT2D eigenvalue weighted by atomic mass is 10.3. The zero-order valence-electron chi connectivity index (χ0n) is 8.15. The van der Waals surface area contributed by atoms with Gasteiger partial charge in [-0.3, -0.25) is 0 Å². The van der Waals surface area contributed by atoms with E-state index in [1.807, 2.05) is 0 Å². The summed E-state index contributed by atoms with van der Waals surface area (Å²) >= 11 is 0. The van der Waals surface area contributed by atoms with Crippen LogP contribution in [0.3, 0.4) is 0 Å². The second-order valence-electron chi connectivity index (χ2n) is 2.80. The van der Waals surface area contributed by atoms with Gasteiger partial charge in [-0.05, 0) is 0 Å². The molecule has 1 rings (SSSR count). The van der Waals surface area contributed by atoms with E-state index in [-0.39, 0.29) is 0 Å². The van der Waals surface area contributed by atoms with E-state index < -0.39 is 38.5 Å². The number of methoxy groups -OCH3 is 1.